The van der Waals surface area contributed by atoms with Crippen LogP contribution in [0.4, 0.5) is 5.69 Å². The molecule has 2 heterocycles. The average molecular weight is 300 g/mol. The molecule has 0 saturated carbocycles. The molecule has 1 aliphatic heterocycles. The van der Waals surface area contributed by atoms with Crippen molar-refractivity contribution in [3.05, 3.63) is 24.3 Å². The number of rotatable bonds is 5. The van der Waals surface area contributed by atoms with Crippen LogP contribution in [0.2, 0.25) is 0 Å². The van der Waals surface area contributed by atoms with E-state index in [0.29, 0.717) is 18.3 Å². The zero-order chi connectivity index (χ0) is 15.5. The summed E-state index contributed by atoms with van der Waals surface area (Å²) >= 11 is 0. The average Bonchev–Trinajstić information content (AvgIpc) is 2.94. The molecule has 7 heteroatoms. The first-order valence-corrected chi connectivity index (χ1v) is 7.57. The molecule has 1 saturated heterocycles. The number of carbonyl (C=O) groups is 1. The summed E-state index contributed by atoms with van der Waals surface area (Å²) in [6.45, 7) is 6.49. The largest absolute Gasteiger partial charge is 0.326 e. The fourth-order valence-corrected chi connectivity index (χ4v) is 2.50. The maximum Gasteiger partial charge on any atom is 0.227 e. The highest BCUT2D eigenvalue weighted by Crippen LogP contribution is 2.22. The summed E-state index contributed by atoms with van der Waals surface area (Å²) in [7, 11) is 0. The molecule has 2 aromatic rings. The number of nitrogens with zero attached hydrogens (tertiary/aromatic N) is 4. The topological polar surface area (TPSA) is 84.7 Å². The normalized spacial score (nSPS) is 16.1. The minimum atomic E-state index is 0.00543. The van der Waals surface area contributed by atoms with E-state index < -0.39 is 0 Å². The van der Waals surface area contributed by atoms with Gasteiger partial charge in [0.2, 0.25) is 5.91 Å². The first kappa shape index (κ1) is 14.6. The van der Waals surface area contributed by atoms with Crippen molar-refractivity contribution in [2.45, 2.75) is 20.4 Å². The van der Waals surface area contributed by atoms with Gasteiger partial charge in [0.25, 0.3) is 0 Å². The Morgan fingerprint density at radius 3 is 3.00 bits per heavy atom. The van der Waals surface area contributed by atoms with Gasteiger partial charge in [-0.05, 0) is 48.5 Å². The summed E-state index contributed by atoms with van der Waals surface area (Å²) in [6.07, 6.45) is 0. The third-order valence-electron chi connectivity index (χ3n) is 4.15. The summed E-state index contributed by atoms with van der Waals surface area (Å²) in [5, 5.41) is 17.9. The molecule has 3 rings (SSSR count). The van der Waals surface area contributed by atoms with E-state index in [1.165, 1.54) is 0 Å². The zero-order valence-electron chi connectivity index (χ0n) is 12.8. The number of amides is 1. The zero-order valence-corrected chi connectivity index (χ0v) is 12.8. The summed E-state index contributed by atoms with van der Waals surface area (Å²) in [5.74, 6) is 1.19. The molecular formula is C15H20N6O. The van der Waals surface area contributed by atoms with E-state index >= 15 is 0 Å². The molecule has 1 fully saturated rings. The van der Waals surface area contributed by atoms with Gasteiger partial charge < -0.3 is 10.6 Å². The summed E-state index contributed by atoms with van der Waals surface area (Å²) in [4.78, 5) is 12.3. The Bertz CT molecular complexity index is 664. The number of tetrazole rings is 1. The lowest BCUT2D eigenvalue weighted by atomic mass is 9.88. The number of benzene rings is 1. The lowest BCUT2D eigenvalue weighted by molar-refractivity contribution is -0.121. The molecule has 0 bridgehead atoms. The van der Waals surface area contributed by atoms with Crippen molar-refractivity contribution in [2.75, 3.05) is 18.4 Å². The Morgan fingerprint density at radius 2 is 2.32 bits per heavy atom. The van der Waals surface area contributed by atoms with Gasteiger partial charge in [0.15, 0.2) is 5.82 Å². The first-order valence-electron chi connectivity index (χ1n) is 7.57. The van der Waals surface area contributed by atoms with Crippen LogP contribution in [-0.2, 0) is 11.3 Å². The van der Waals surface area contributed by atoms with Crippen molar-refractivity contribution in [1.82, 2.24) is 25.5 Å². The molecule has 1 unspecified atom stereocenters. The van der Waals surface area contributed by atoms with Gasteiger partial charge in [0.05, 0.1) is 0 Å². The number of aryl methyl sites for hydroxylation is 1. The predicted octanol–water partition coefficient (Wildman–Crippen LogP) is 1.15. The quantitative estimate of drug-likeness (QED) is 0.865. The van der Waals surface area contributed by atoms with Crippen LogP contribution in [0.1, 0.15) is 13.8 Å². The third-order valence-corrected chi connectivity index (χ3v) is 4.15. The van der Waals surface area contributed by atoms with E-state index in [4.69, 9.17) is 0 Å². The maximum atomic E-state index is 12.3. The van der Waals surface area contributed by atoms with Crippen molar-refractivity contribution >= 4 is 11.6 Å². The molecule has 1 amide bonds. The van der Waals surface area contributed by atoms with E-state index in [-0.39, 0.29) is 11.8 Å². The van der Waals surface area contributed by atoms with Gasteiger partial charge in [0, 0.05) is 23.7 Å². The Kier molecular flexibility index (Phi) is 4.15. The lowest BCUT2D eigenvalue weighted by Crippen LogP contribution is -2.48. The Labute approximate surface area is 129 Å². The highest BCUT2D eigenvalue weighted by molar-refractivity contribution is 5.93. The van der Waals surface area contributed by atoms with Crippen LogP contribution in [0.3, 0.4) is 0 Å². The standard InChI is InChI=1S/C15H20N6O/c1-3-21-14(18-19-20-21)11-5-4-6-13(7-11)17-15(22)10(2)12-8-16-9-12/h4-7,10,12,16H,3,8-9H2,1-2H3,(H,17,22). The Balaban J connectivity index is 1.75. The van der Waals surface area contributed by atoms with Crippen LogP contribution in [0, 0.1) is 11.8 Å². The number of anilines is 1. The molecule has 7 nitrogen and oxygen atoms in total. The van der Waals surface area contributed by atoms with Gasteiger partial charge in [-0.25, -0.2) is 4.68 Å². The van der Waals surface area contributed by atoms with E-state index in [0.717, 1.165) is 24.3 Å². The second-order valence-electron chi connectivity index (χ2n) is 5.60. The van der Waals surface area contributed by atoms with Gasteiger partial charge >= 0.3 is 0 Å². The van der Waals surface area contributed by atoms with Gasteiger partial charge in [-0.3, -0.25) is 4.79 Å². The van der Waals surface area contributed by atoms with Gasteiger partial charge in [0.1, 0.15) is 0 Å². The molecule has 1 aliphatic rings. The number of hydrogen-bond acceptors (Lipinski definition) is 5. The van der Waals surface area contributed by atoms with Crippen molar-refractivity contribution in [3.63, 3.8) is 0 Å². The van der Waals surface area contributed by atoms with Gasteiger partial charge in [-0.2, -0.15) is 0 Å². The van der Waals surface area contributed by atoms with Crippen molar-refractivity contribution in [2.24, 2.45) is 11.8 Å². The lowest BCUT2D eigenvalue weighted by Gasteiger charge is -2.31. The van der Waals surface area contributed by atoms with E-state index in [2.05, 4.69) is 26.2 Å². The highest BCUT2D eigenvalue weighted by atomic mass is 16.1. The maximum absolute atomic E-state index is 12.3. The summed E-state index contributed by atoms with van der Waals surface area (Å²) < 4.78 is 1.73. The molecular weight excluding hydrogens is 280 g/mol. The minimum Gasteiger partial charge on any atom is -0.326 e. The predicted molar refractivity (Wildman–Crippen MR) is 83.1 cm³/mol. The number of hydrogen-bond donors (Lipinski definition) is 2. The van der Waals surface area contributed by atoms with Crippen molar-refractivity contribution < 1.29 is 4.79 Å². The molecule has 0 aliphatic carbocycles. The summed E-state index contributed by atoms with van der Waals surface area (Å²) in [5.41, 5.74) is 1.66. The second-order valence-corrected chi connectivity index (χ2v) is 5.60. The smallest absolute Gasteiger partial charge is 0.227 e. The Morgan fingerprint density at radius 1 is 1.50 bits per heavy atom. The van der Waals surface area contributed by atoms with Crippen LogP contribution in [0.5, 0.6) is 0 Å². The molecule has 1 aromatic heterocycles. The monoisotopic (exact) mass is 300 g/mol. The van der Waals surface area contributed by atoms with E-state index in [1.54, 1.807) is 4.68 Å². The summed E-state index contributed by atoms with van der Waals surface area (Å²) in [6, 6.07) is 7.62. The Hall–Kier alpha value is -2.28. The van der Waals surface area contributed by atoms with Crippen LogP contribution in [-0.4, -0.2) is 39.2 Å². The van der Waals surface area contributed by atoms with Gasteiger partial charge in [-0.15, -0.1) is 5.10 Å². The molecule has 0 radical (unpaired) electrons. The molecule has 0 spiro atoms. The van der Waals surface area contributed by atoms with Gasteiger partial charge in [-0.1, -0.05) is 19.1 Å². The number of aromatic nitrogens is 4. The second kappa shape index (κ2) is 6.23. The molecule has 1 atom stereocenters. The van der Waals surface area contributed by atoms with Crippen LogP contribution in [0.15, 0.2) is 24.3 Å². The SMILES string of the molecule is CCn1nnnc1-c1cccc(NC(=O)C(C)C2CNC2)c1. The first-order chi connectivity index (χ1) is 10.7. The van der Waals surface area contributed by atoms with Crippen LogP contribution >= 0.6 is 0 Å². The molecule has 2 N–H and O–H groups in total. The molecule has 22 heavy (non-hydrogen) atoms. The number of carbonyl (C=O) groups excluding carboxylic acids is 1. The fourth-order valence-electron chi connectivity index (χ4n) is 2.50. The molecule has 116 valence electrons. The van der Waals surface area contributed by atoms with Crippen LogP contribution in [0.25, 0.3) is 11.4 Å². The third kappa shape index (κ3) is 2.85. The van der Waals surface area contributed by atoms with Crippen molar-refractivity contribution in [3.8, 4) is 11.4 Å². The minimum absolute atomic E-state index is 0.00543. The van der Waals surface area contributed by atoms with E-state index in [9.17, 15) is 4.79 Å². The fraction of sp³-hybridized carbons (Fsp3) is 0.467. The van der Waals surface area contributed by atoms with E-state index in [1.807, 2.05) is 38.1 Å². The van der Waals surface area contributed by atoms with Crippen LogP contribution < -0.4 is 10.6 Å². The van der Waals surface area contributed by atoms with Crippen molar-refractivity contribution in [1.29, 1.82) is 0 Å². The highest BCUT2D eigenvalue weighted by Gasteiger charge is 2.28. The molecule has 1 aromatic carbocycles. The number of nitrogens with one attached hydrogen (secondary N) is 2.